The number of aryl methyl sites for hydroxylation is 1. The lowest BCUT2D eigenvalue weighted by Gasteiger charge is -2.22. The maximum absolute atomic E-state index is 11.1. The molecule has 2 rings (SSSR count). The second-order valence-corrected chi connectivity index (χ2v) is 4.89. The van der Waals surface area contributed by atoms with Gasteiger partial charge in [0, 0.05) is 13.6 Å². The Bertz CT molecular complexity index is 621. The normalized spacial score (nSPS) is 10.3. The van der Waals surface area contributed by atoms with Crippen LogP contribution in [0.3, 0.4) is 0 Å². The maximum atomic E-state index is 11.1. The Morgan fingerprint density at radius 1 is 1.20 bits per heavy atom. The Labute approximate surface area is 118 Å². The van der Waals surface area contributed by atoms with Gasteiger partial charge < -0.3 is 15.7 Å². The molecule has 20 heavy (non-hydrogen) atoms. The van der Waals surface area contributed by atoms with Gasteiger partial charge in [0.2, 0.25) is 0 Å². The number of hydrogen-bond donors (Lipinski definition) is 2. The highest BCUT2D eigenvalue weighted by atomic mass is 16.4. The zero-order valence-electron chi connectivity index (χ0n) is 11.6. The van der Waals surface area contributed by atoms with Gasteiger partial charge in [-0.25, -0.2) is 4.79 Å². The Morgan fingerprint density at radius 2 is 1.85 bits per heavy atom. The summed E-state index contributed by atoms with van der Waals surface area (Å²) < 4.78 is 0. The molecule has 4 nitrogen and oxygen atoms in total. The number of nitrogens with zero attached hydrogens (tertiary/aromatic N) is 1. The fourth-order valence-corrected chi connectivity index (χ4v) is 2.12. The first-order valence-corrected chi connectivity index (χ1v) is 6.37. The molecule has 0 aliphatic heterocycles. The van der Waals surface area contributed by atoms with Crippen LogP contribution in [0.4, 0.5) is 11.4 Å². The summed E-state index contributed by atoms with van der Waals surface area (Å²) in [7, 11) is 1.90. The molecule has 0 amide bonds. The number of rotatable bonds is 4. The lowest BCUT2D eigenvalue weighted by Crippen LogP contribution is -2.19. The average molecular weight is 270 g/mol. The van der Waals surface area contributed by atoms with Gasteiger partial charge in [-0.15, -0.1) is 0 Å². The van der Waals surface area contributed by atoms with E-state index >= 15 is 0 Å². The molecule has 104 valence electrons. The monoisotopic (exact) mass is 270 g/mol. The summed E-state index contributed by atoms with van der Waals surface area (Å²) in [5, 5.41) is 9.09. The van der Waals surface area contributed by atoms with Gasteiger partial charge in [-0.1, -0.05) is 35.9 Å². The highest BCUT2D eigenvalue weighted by Gasteiger charge is 2.13. The van der Waals surface area contributed by atoms with Crippen molar-refractivity contribution >= 4 is 17.3 Å². The molecule has 0 fully saturated rings. The molecule has 4 heteroatoms. The van der Waals surface area contributed by atoms with Crippen LogP contribution in [0.5, 0.6) is 0 Å². The van der Waals surface area contributed by atoms with E-state index in [9.17, 15) is 4.79 Å². The minimum atomic E-state index is -1.01. The Morgan fingerprint density at radius 3 is 2.45 bits per heavy atom. The highest BCUT2D eigenvalue weighted by molar-refractivity contribution is 5.97. The number of carbonyl (C=O) groups is 1. The molecule has 0 spiro atoms. The molecular formula is C16H18N2O2. The van der Waals surface area contributed by atoms with Crippen molar-refractivity contribution in [2.24, 2.45) is 0 Å². The zero-order chi connectivity index (χ0) is 14.7. The third-order valence-electron chi connectivity index (χ3n) is 3.27. The van der Waals surface area contributed by atoms with Crippen molar-refractivity contribution < 1.29 is 9.90 Å². The van der Waals surface area contributed by atoms with Gasteiger partial charge in [0.25, 0.3) is 0 Å². The van der Waals surface area contributed by atoms with Crippen molar-refractivity contribution in [3.05, 3.63) is 59.2 Å². The molecule has 2 aromatic carbocycles. The number of nitrogens with two attached hydrogens (primary N) is 1. The molecule has 3 N–H and O–H groups in total. The predicted molar refractivity (Wildman–Crippen MR) is 81.1 cm³/mol. The average Bonchev–Trinajstić information content (AvgIpc) is 2.41. The molecular weight excluding hydrogens is 252 g/mol. The Balaban J connectivity index is 2.25. The van der Waals surface area contributed by atoms with E-state index in [0.29, 0.717) is 12.2 Å². The number of carboxylic acid groups (broad SMARTS) is 1. The van der Waals surface area contributed by atoms with Gasteiger partial charge in [0.1, 0.15) is 0 Å². The topological polar surface area (TPSA) is 66.6 Å². The van der Waals surface area contributed by atoms with Crippen molar-refractivity contribution in [1.29, 1.82) is 0 Å². The minimum absolute atomic E-state index is 0.137. The minimum Gasteiger partial charge on any atom is -0.478 e. The standard InChI is InChI=1S/C16H18N2O2/c1-11-6-8-12(9-7-11)10-18(2)14-5-3-4-13(15(14)17)16(19)20/h3-9H,10,17H2,1-2H3,(H,19,20). The summed E-state index contributed by atoms with van der Waals surface area (Å²) in [5.41, 5.74) is 9.47. The number of aromatic carboxylic acids is 1. The zero-order valence-corrected chi connectivity index (χ0v) is 11.6. The van der Waals surface area contributed by atoms with Gasteiger partial charge in [-0.05, 0) is 24.6 Å². The summed E-state index contributed by atoms with van der Waals surface area (Å²) in [4.78, 5) is 13.0. The van der Waals surface area contributed by atoms with Gasteiger partial charge in [0.05, 0.1) is 16.9 Å². The highest BCUT2D eigenvalue weighted by Crippen LogP contribution is 2.27. The van der Waals surface area contributed by atoms with Gasteiger partial charge in [-0.2, -0.15) is 0 Å². The molecule has 0 aliphatic rings. The molecule has 0 aliphatic carbocycles. The number of nitrogen functional groups attached to an aromatic ring is 1. The molecule has 0 unspecified atom stereocenters. The van der Waals surface area contributed by atoms with Gasteiger partial charge in [-0.3, -0.25) is 0 Å². The van der Waals surface area contributed by atoms with E-state index < -0.39 is 5.97 Å². The van der Waals surface area contributed by atoms with Crippen LogP contribution < -0.4 is 10.6 Å². The van der Waals surface area contributed by atoms with Crippen molar-refractivity contribution in [2.75, 3.05) is 17.7 Å². The summed E-state index contributed by atoms with van der Waals surface area (Å²) in [5.74, 6) is -1.01. The lowest BCUT2D eigenvalue weighted by molar-refractivity contribution is 0.0698. The van der Waals surface area contributed by atoms with Crippen molar-refractivity contribution in [2.45, 2.75) is 13.5 Å². The second-order valence-electron chi connectivity index (χ2n) is 4.89. The van der Waals surface area contributed by atoms with E-state index in [1.165, 1.54) is 11.6 Å². The summed E-state index contributed by atoms with van der Waals surface area (Å²) in [6.45, 7) is 2.72. The number of benzene rings is 2. The van der Waals surface area contributed by atoms with Crippen molar-refractivity contribution in [3.63, 3.8) is 0 Å². The van der Waals surface area contributed by atoms with Crippen molar-refractivity contribution in [3.8, 4) is 0 Å². The lowest BCUT2D eigenvalue weighted by atomic mass is 10.1. The quantitative estimate of drug-likeness (QED) is 0.838. The number of hydrogen-bond acceptors (Lipinski definition) is 3. The molecule has 0 radical (unpaired) electrons. The van der Waals surface area contributed by atoms with E-state index in [4.69, 9.17) is 10.8 Å². The maximum Gasteiger partial charge on any atom is 0.337 e. The van der Waals surface area contributed by atoms with Crippen LogP contribution >= 0.6 is 0 Å². The molecule has 0 saturated carbocycles. The fourth-order valence-electron chi connectivity index (χ4n) is 2.12. The molecule has 0 heterocycles. The Kier molecular flexibility index (Phi) is 3.94. The number of anilines is 2. The van der Waals surface area contributed by atoms with Crippen LogP contribution in [0.2, 0.25) is 0 Å². The Hall–Kier alpha value is -2.49. The van der Waals surface area contributed by atoms with E-state index in [1.807, 2.05) is 24.9 Å². The first kappa shape index (κ1) is 13.9. The van der Waals surface area contributed by atoms with Crippen LogP contribution in [-0.2, 0) is 6.54 Å². The van der Waals surface area contributed by atoms with Crippen LogP contribution in [0.15, 0.2) is 42.5 Å². The van der Waals surface area contributed by atoms with Crippen LogP contribution in [-0.4, -0.2) is 18.1 Å². The number of para-hydroxylation sites is 1. The van der Waals surface area contributed by atoms with E-state index in [1.54, 1.807) is 6.07 Å². The van der Waals surface area contributed by atoms with Gasteiger partial charge in [0.15, 0.2) is 0 Å². The molecule has 0 atom stereocenters. The van der Waals surface area contributed by atoms with Crippen LogP contribution in [0.25, 0.3) is 0 Å². The first-order chi connectivity index (χ1) is 9.49. The summed E-state index contributed by atoms with van der Waals surface area (Å²) in [6, 6.07) is 13.3. The largest absolute Gasteiger partial charge is 0.478 e. The number of carboxylic acids is 1. The third kappa shape index (κ3) is 2.91. The molecule has 0 saturated heterocycles. The van der Waals surface area contributed by atoms with Gasteiger partial charge >= 0.3 is 5.97 Å². The predicted octanol–water partition coefficient (Wildman–Crippen LogP) is 2.91. The summed E-state index contributed by atoms with van der Waals surface area (Å²) >= 11 is 0. The third-order valence-corrected chi connectivity index (χ3v) is 3.27. The fraction of sp³-hybridized carbons (Fsp3) is 0.188. The second kappa shape index (κ2) is 5.65. The molecule has 0 bridgehead atoms. The molecule has 2 aromatic rings. The van der Waals surface area contributed by atoms with E-state index in [2.05, 4.69) is 24.3 Å². The van der Waals surface area contributed by atoms with Crippen molar-refractivity contribution in [1.82, 2.24) is 0 Å². The van der Waals surface area contributed by atoms with E-state index in [0.717, 1.165) is 11.3 Å². The van der Waals surface area contributed by atoms with Crippen LogP contribution in [0.1, 0.15) is 21.5 Å². The van der Waals surface area contributed by atoms with E-state index in [-0.39, 0.29) is 5.56 Å². The van der Waals surface area contributed by atoms with Crippen LogP contribution in [0, 0.1) is 6.92 Å². The SMILES string of the molecule is Cc1ccc(CN(C)c2cccc(C(=O)O)c2N)cc1. The smallest absolute Gasteiger partial charge is 0.337 e. The summed E-state index contributed by atoms with van der Waals surface area (Å²) in [6.07, 6.45) is 0. The molecule has 0 aromatic heterocycles. The first-order valence-electron chi connectivity index (χ1n) is 6.37.